The predicted octanol–water partition coefficient (Wildman–Crippen LogP) is 12.2. The third-order valence-corrected chi connectivity index (χ3v) is 15.4. The van der Waals surface area contributed by atoms with Gasteiger partial charge in [0.05, 0.1) is 32.2 Å². The van der Waals surface area contributed by atoms with E-state index in [1.54, 1.807) is 64.8 Å². The third-order valence-electron chi connectivity index (χ3n) is 12.5. The molecular formula is C54H50Cl5N7O4S. The van der Waals surface area contributed by atoms with Crippen LogP contribution in [0.5, 0.6) is 0 Å². The number of nitrogens with zero attached hydrogens (tertiary/aromatic N) is 5. The van der Waals surface area contributed by atoms with E-state index in [0.29, 0.717) is 72.6 Å². The van der Waals surface area contributed by atoms with E-state index in [1.807, 2.05) is 66.1 Å². The average Bonchev–Trinajstić information content (AvgIpc) is 3.83. The number of hydrogen-bond acceptors (Lipinski definition) is 8. The number of halogens is 5. The number of hydrogen-bond donors (Lipinski definition) is 2. The number of piperidine rings is 1. The molecule has 2 aromatic heterocycles. The highest BCUT2D eigenvalue weighted by Crippen LogP contribution is 2.40. The second kappa shape index (κ2) is 23.3. The van der Waals surface area contributed by atoms with Gasteiger partial charge in [-0.2, -0.15) is 0 Å². The Bertz CT molecular complexity index is 3020. The molecule has 0 aliphatic carbocycles. The number of benzene rings is 4. The van der Waals surface area contributed by atoms with Gasteiger partial charge in [-0.15, -0.1) is 21.5 Å². The largest absolute Gasteiger partial charge is 0.356 e. The summed E-state index contributed by atoms with van der Waals surface area (Å²) in [5.74, 6) is 0.347. The Morgan fingerprint density at radius 3 is 2.03 bits per heavy atom. The van der Waals surface area contributed by atoms with E-state index in [4.69, 9.17) is 63.0 Å². The molecule has 3 amide bonds. The lowest BCUT2D eigenvalue weighted by molar-refractivity contribution is -0.136. The fraction of sp³-hybridized carbons (Fsp3) is 0.278. The number of fused-ring (bicyclic) bond motifs is 3. The quantitative estimate of drug-likeness (QED) is 0.0731. The number of Topliss-reactive ketones (excluding diaryl/α,β-unsaturated/α-hetero) is 1. The number of carbonyl (C=O) groups excluding carboxylic acids is 4. The van der Waals surface area contributed by atoms with E-state index in [-0.39, 0.29) is 55.9 Å². The van der Waals surface area contributed by atoms with Gasteiger partial charge in [-0.25, -0.2) is 0 Å². The number of nitrogens with one attached hydrogen (secondary N) is 2. The standard InChI is InChI=1S/C54H50Cl5N7O4S/c1-31-32(2)71-54-49(31)50(37-16-18-40(55)19-17-37)62-45(52-64-63-33(3)66(52)54)28-48(68)60-22-10-5-4-9-13-47(67)61-46(27-34-11-7-6-8-12-34)53(70)65-29-38(23-35-14-20-41(56)43(58)25-35)51(69)39(30-65)24-36-15-21-42(57)44(59)26-36/h6-8,11-12,14-21,23-26,45-46H,4-5,9-10,13,22,27-30H2,1-3H3,(H,60,68)(H,61,67)/b38-23+,39-24+/t45-,46-/m0/s1. The van der Waals surface area contributed by atoms with Gasteiger partial charge in [0.1, 0.15) is 22.9 Å². The zero-order valence-corrected chi connectivity index (χ0v) is 43.8. The molecule has 0 saturated carbocycles. The number of aliphatic imine (C=N–C) groups is 1. The van der Waals surface area contributed by atoms with E-state index in [0.717, 1.165) is 56.5 Å². The Labute approximate surface area is 441 Å². The van der Waals surface area contributed by atoms with Crippen LogP contribution >= 0.6 is 69.3 Å². The molecule has 2 aliphatic rings. The maximum Gasteiger partial charge on any atom is 0.246 e. The zero-order valence-electron chi connectivity index (χ0n) is 39.2. The van der Waals surface area contributed by atoms with Crippen LogP contribution in [0.1, 0.15) is 94.5 Å². The van der Waals surface area contributed by atoms with Crippen molar-refractivity contribution in [3.63, 3.8) is 0 Å². The Morgan fingerprint density at radius 2 is 1.39 bits per heavy atom. The third kappa shape index (κ3) is 12.5. The van der Waals surface area contributed by atoms with E-state index in [9.17, 15) is 19.2 Å². The minimum Gasteiger partial charge on any atom is -0.356 e. The Kier molecular flexibility index (Phi) is 17.0. The molecule has 1 saturated heterocycles. The molecule has 2 aliphatic heterocycles. The number of aryl methyl sites for hydroxylation is 2. The van der Waals surface area contributed by atoms with Crippen LogP contribution in [0, 0.1) is 20.8 Å². The lowest BCUT2D eigenvalue weighted by atomic mass is 9.93. The SMILES string of the molecule is Cc1sc2c(c1C)C(c1ccc(Cl)cc1)=N[C@@H](CC(=O)NCCCCCCC(=O)N[C@@H](Cc1ccccc1)C(=O)N1C/C(=C\c3ccc(Cl)c(Cl)c3)C(=O)/C(=C/c3ccc(Cl)c(Cl)c3)C1)c1nnc(C)n1-2. The van der Waals surface area contributed by atoms with Crippen LogP contribution in [0.15, 0.2) is 107 Å². The molecule has 4 aromatic carbocycles. The molecule has 1 fully saturated rings. The topological polar surface area (TPSA) is 139 Å². The van der Waals surface area contributed by atoms with Crippen LogP contribution in [0.4, 0.5) is 0 Å². The molecule has 0 unspecified atom stereocenters. The van der Waals surface area contributed by atoms with Crippen LogP contribution in [-0.4, -0.2) is 74.6 Å². The van der Waals surface area contributed by atoms with E-state index in [2.05, 4.69) is 34.7 Å². The van der Waals surface area contributed by atoms with Crippen molar-refractivity contribution >= 4 is 111 Å². The molecule has 0 bridgehead atoms. The fourth-order valence-corrected chi connectivity index (χ4v) is 10.7. The van der Waals surface area contributed by atoms with Crippen LogP contribution in [0.2, 0.25) is 25.1 Å². The van der Waals surface area contributed by atoms with Crippen LogP contribution < -0.4 is 10.6 Å². The number of ketones is 1. The molecule has 2 N–H and O–H groups in total. The molecule has 11 nitrogen and oxygen atoms in total. The molecule has 0 spiro atoms. The highest BCUT2D eigenvalue weighted by molar-refractivity contribution is 7.15. The lowest BCUT2D eigenvalue weighted by Gasteiger charge is -2.33. The first-order valence-electron chi connectivity index (χ1n) is 23.2. The minimum atomic E-state index is -0.913. The number of rotatable bonds is 16. The van der Waals surface area contributed by atoms with Gasteiger partial charge in [0.15, 0.2) is 11.6 Å². The van der Waals surface area contributed by atoms with Crippen LogP contribution in [-0.2, 0) is 25.6 Å². The molecule has 4 heterocycles. The Hall–Kier alpha value is -5.60. The first kappa shape index (κ1) is 51.7. The summed E-state index contributed by atoms with van der Waals surface area (Å²) in [5.41, 5.74) is 6.67. The first-order valence-corrected chi connectivity index (χ1v) is 25.9. The van der Waals surface area contributed by atoms with Crippen molar-refractivity contribution in [1.29, 1.82) is 0 Å². The van der Waals surface area contributed by atoms with Crippen LogP contribution in [0.25, 0.3) is 17.2 Å². The van der Waals surface area contributed by atoms with Crippen molar-refractivity contribution in [1.82, 2.24) is 30.3 Å². The number of amides is 3. The summed E-state index contributed by atoms with van der Waals surface area (Å²) in [6, 6.07) is 25.7. The first-order chi connectivity index (χ1) is 34.1. The maximum atomic E-state index is 14.6. The highest BCUT2D eigenvalue weighted by Gasteiger charge is 2.35. The summed E-state index contributed by atoms with van der Waals surface area (Å²) < 4.78 is 2.03. The van der Waals surface area contributed by atoms with Gasteiger partial charge in [0, 0.05) is 64.6 Å². The van der Waals surface area contributed by atoms with Gasteiger partial charge < -0.3 is 15.5 Å². The van der Waals surface area contributed by atoms with Gasteiger partial charge in [0.25, 0.3) is 0 Å². The molecule has 6 aromatic rings. The monoisotopic (exact) mass is 1070 g/mol. The van der Waals surface area contributed by atoms with E-state index < -0.39 is 12.1 Å². The summed E-state index contributed by atoms with van der Waals surface area (Å²) in [5, 5.41) is 18.0. The highest BCUT2D eigenvalue weighted by atomic mass is 35.5. The van der Waals surface area contributed by atoms with Crippen molar-refractivity contribution in [3.05, 3.63) is 177 Å². The summed E-state index contributed by atoms with van der Waals surface area (Å²) in [4.78, 5) is 63.8. The molecular weight excluding hydrogens is 1020 g/mol. The van der Waals surface area contributed by atoms with Gasteiger partial charge in [0.2, 0.25) is 17.7 Å². The number of carbonyl (C=O) groups is 4. The summed E-state index contributed by atoms with van der Waals surface area (Å²) in [7, 11) is 0. The van der Waals surface area contributed by atoms with Gasteiger partial charge >= 0.3 is 0 Å². The van der Waals surface area contributed by atoms with Crippen molar-refractivity contribution in [3.8, 4) is 5.00 Å². The van der Waals surface area contributed by atoms with E-state index in [1.165, 1.54) is 0 Å². The number of thiophene rings is 1. The molecule has 17 heteroatoms. The fourth-order valence-electron chi connectivity index (χ4n) is 8.71. The molecule has 8 rings (SSSR count). The maximum absolute atomic E-state index is 14.6. The normalized spacial score (nSPS) is 16.1. The molecule has 71 heavy (non-hydrogen) atoms. The van der Waals surface area contributed by atoms with Gasteiger partial charge in [-0.05, 0) is 104 Å². The van der Waals surface area contributed by atoms with Gasteiger partial charge in [-0.1, -0.05) is 125 Å². The summed E-state index contributed by atoms with van der Waals surface area (Å²) in [6.45, 7) is 6.55. The van der Waals surface area contributed by atoms with Crippen molar-refractivity contribution in [2.24, 2.45) is 4.99 Å². The number of aromatic nitrogens is 3. The van der Waals surface area contributed by atoms with Crippen molar-refractivity contribution < 1.29 is 19.2 Å². The molecule has 2 atom stereocenters. The predicted molar refractivity (Wildman–Crippen MR) is 287 cm³/mol. The molecule has 0 radical (unpaired) electrons. The average molecular weight is 1070 g/mol. The summed E-state index contributed by atoms with van der Waals surface area (Å²) in [6.07, 6.45) is 6.73. The molecule has 366 valence electrons. The van der Waals surface area contributed by atoms with Crippen molar-refractivity contribution in [2.75, 3.05) is 19.6 Å². The zero-order chi connectivity index (χ0) is 50.3. The Balaban J connectivity index is 0.887. The lowest BCUT2D eigenvalue weighted by Crippen LogP contribution is -2.52. The second-order valence-electron chi connectivity index (χ2n) is 17.6. The summed E-state index contributed by atoms with van der Waals surface area (Å²) >= 11 is 33.0. The number of unbranched alkanes of at least 4 members (excludes halogenated alkanes) is 3. The number of likely N-dealkylation sites (tertiary alicyclic amines) is 1. The smallest absolute Gasteiger partial charge is 0.246 e. The van der Waals surface area contributed by atoms with E-state index >= 15 is 0 Å². The van der Waals surface area contributed by atoms with Gasteiger partial charge in [-0.3, -0.25) is 28.7 Å². The Morgan fingerprint density at radius 1 is 0.761 bits per heavy atom. The van der Waals surface area contributed by atoms with Crippen molar-refractivity contribution in [2.45, 2.75) is 77.8 Å². The second-order valence-corrected chi connectivity index (χ2v) is 20.9. The van der Waals surface area contributed by atoms with Crippen LogP contribution in [0.3, 0.4) is 0 Å². The minimum absolute atomic E-state index is 0.00314.